The Morgan fingerprint density at radius 2 is 1.58 bits per heavy atom. The third-order valence-electron chi connectivity index (χ3n) is 5.50. The van der Waals surface area contributed by atoms with Gasteiger partial charge in [-0.15, -0.1) is 0 Å². The molecule has 0 spiro atoms. The minimum atomic E-state index is 0.0712. The maximum atomic E-state index is 12.8. The number of carbonyl (C=O) groups excluding carboxylic acids is 3. The Labute approximate surface area is 209 Å². The highest BCUT2D eigenvalue weighted by Crippen LogP contribution is 2.27. The van der Waals surface area contributed by atoms with Gasteiger partial charge < -0.3 is 14.4 Å². The molecule has 1 amide bonds. The quantitative estimate of drug-likeness (QED) is 0.185. The molecule has 33 heavy (non-hydrogen) atoms. The van der Waals surface area contributed by atoms with Crippen molar-refractivity contribution in [2.45, 2.75) is 111 Å². The van der Waals surface area contributed by atoms with Crippen molar-refractivity contribution < 1.29 is 23.9 Å². The summed E-state index contributed by atoms with van der Waals surface area (Å²) in [5.41, 5.74) is 0. The third kappa shape index (κ3) is 13.8. The molecule has 0 saturated carbocycles. The van der Waals surface area contributed by atoms with Crippen LogP contribution in [-0.2, 0) is 23.9 Å². The average Bonchev–Trinajstić information content (AvgIpc) is 3.13. The first-order chi connectivity index (χ1) is 15.6. The summed E-state index contributed by atoms with van der Waals surface area (Å²) in [6, 6.07) is 0.0719. The van der Waals surface area contributed by atoms with Gasteiger partial charge in [-0.3, -0.25) is 14.4 Å². The number of ketones is 2. The first-order valence-corrected chi connectivity index (χ1v) is 14.9. The zero-order valence-corrected chi connectivity index (χ0v) is 23.1. The number of nitrogens with zero attached hydrogens (tertiary/aromatic N) is 1. The SMILES string of the molecule is CC(C)OC[C@@H]1C[C@@H](OC(C)C)CN1C(=O)CSSCCCC(=O)CCCCC(=O)C(C)C. The largest absolute Gasteiger partial charge is 0.377 e. The van der Waals surface area contributed by atoms with Crippen molar-refractivity contribution in [1.82, 2.24) is 4.90 Å². The Hall–Kier alpha value is -0.570. The van der Waals surface area contributed by atoms with E-state index < -0.39 is 0 Å². The second-order valence-corrected chi connectivity index (χ2v) is 12.3. The van der Waals surface area contributed by atoms with Crippen molar-refractivity contribution in [2.24, 2.45) is 5.92 Å². The van der Waals surface area contributed by atoms with Crippen molar-refractivity contribution in [3.63, 3.8) is 0 Å². The molecule has 0 aliphatic carbocycles. The first-order valence-electron chi connectivity index (χ1n) is 12.5. The zero-order valence-electron chi connectivity index (χ0n) is 21.5. The molecule has 6 nitrogen and oxygen atoms in total. The number of unbranched alkanes of at least 4 members (excludes halogenated alkanes) is 1. The Morgan fingerprint density at radius 1 is 0.909 bits per heavy atom. The molecule has 1 saturated heterocycles. The van der Waals surface area contributed by atoms with E-state index in [1.807, 2.05) is 46.4 Å². The molecule has 0 unspecified atom stereocenters. The molecule has 1 aliphatic rings. The summed E-state index contributed by atoms with van der Waals surface area (Å²) in [6.07, 6.45) is 5.33. The molecule has 0 aromatic heterocycles. The van der Waals surface area contributed by atoms with Gasteiger partial charge >= 0.3 is 0 Å². The monoisotopic (exact) mass is 503 g/mol. The van der Waals surface area contributed by atoms with Crippen LogP contribution in [0, 0.1) is 5.92 Å². The normalized spacial score (nSPS) is 18.6. The van der Waals surface area contributed by atoms with Crippen LogP contribution in [-0.4, -0.2) is 71.4 Å². The van der Waals surface area contributed by atoms with Gasteiger partial charge in [-0.05, 0) is 53.4 Å². The summed E-state index contributed by atoms with van der Waals surface area (Å²) in [7, 11) is 3.22. The van der Waals surface area contributed by atoms with Gasteiger partial charge in [0, 0.05) is 37.5 Å². The first kappa shape index (κ1) is 30.5. The van der Waals surface area contributed by atoms with Gasteiger partial charge in [0.15, 0.2) is 0 Å². The Balaban J connectivity index is 2.21. The molecule has 0 aromatic carbocycles. The summed E-state index contributed by atoms with van der Waals surface area (Å²) in [5.74, 6) is 2.05. The van der Waals surface area contributed by atoms with Crippen LogP contribution < -0.4 is 0 Å². The number of hydrogen-bond donors (Lipinski definition) is 0. The highest BCUT2D eigenvalue weighted by Gasteiger charge is 2.36. The fraction of sp³-hybridized carbons (Fsp3) is 0.880. The number of Topliss-reactive ketones (excluding diaryl/α,β-unsaturated/α-hetero) is 2. The van der Waals surface area contributed by atoms with E-state index in [1.165, 1.54) is 0 Å². The summed E-state index contributed by atoms with van der Waals surface area (Å²) in [5, 5.41) is 0. The number of amides is 1. The molecule has 0 aromatic rings. The van der Waals surface area contributed by atoms with Gasteiger partial charge in [0.1, 0.15) is 11.6 Å². The van der Waals surface area contributed by atoms with Crippen LogP contribution in [0.5, 0.6) is 0 Å². The minimum Gasteiger partial charge on any atom is -0.377 e. The molecule has 8 heteroatoms. The van der Waals surface area contributed by atoms with E-state index in [2.05, 4.69) is 0 Å². The summed E-state index contributed by atoms with van der Waals surface area (Å²) in [6.45, 7) is 13.1. The van der Waals surface area contributed by atoms with Gasteiger partial charge in [-0.2, -0.15) is 0 Å². The van der Waals surface area contributed by atoms with Crippen molar-refractivity contribution in [3.05, 3.63) is 0 Å². The van der Waals surface area contributed by atoms with Crippen LogP contribution in [0.25, 0.3) is 0 Å². The molecule has 0 bridgehead atoms. The second-order valence-electron chi connectivity index (χ2n) is 9.68. The maximum Gasteiger partial charge on any atom is 0.233 e. The van der Waals surface area contributed by atoms with Gasteiger partial charge in [-0.25, -0.2) is 0 Å². The fourth-order valence-electron chi connectivity index (χ4n) is 3.72. The summed E-state index contributed by atoms with van der Waals surface area (Å²) >= 11 is 0. The number of carbonyl (C=O) groups is 3. The standard InChI is InChI=1S/C25H45NO5S2/c1-18(2)24(28)12-8-7-10-22(27)11-9-13-32-33-17-25(29)26-15-23(31-20(5)6)14-21(26)16-30-19(3)4/h18-21,23H,7-17H2,1-6H3/t21-,23+/m0/s1. The van der Waals surface area contributed by atoms with Crippen LogP contribution in [0.4, 0.5) is 0 Å². The van der Waals surface area contributed by atoms with E-state index in [0.717, 1.165) is 31.4 Å². The van der Waals surface area contributed by atoms with Gasteiger partial charge in [0.25, 0.3) is 0 Å². The molecule has 1 aliphatic heterocycles. The van der Waals surface area contributed by atoms with E-state index in [0.29, 0.717) is 38.2 Å². The van der Waals surface area contributed by atoms with E-state index in [-0.39, 0.29) is 47.7 Å². The molecule has 1 heterocycles. The Bertz CT molecular complexity index is 597. The highest BCUT2D eigenvalue weighted by atomic mass is 33.1. The number of hydrogen-bond acceptors (Lipinski definition) is 7. The molecule has 2 atom stereocenters. The van der Waals surface area contributed by atoms with E-state index in [1.54, 1.807) is 21.6 Å². The third-order valence-corrected chi connectivity index (χ3v) is 7.85. The topological polar surface area (TPSA) is 72.9 Å². The smallest absolute Gasteiger partial charge is 0.233 e. The lowest BCUT2D eigenvalue weighted by atomic mass is 10.0. The Kier molecular flexibility index (Phi) is 15.7. The average molecular weight is 504 g/mol. The second kappa shape index (κ2) is 17.0. The van der Waals surface area contributed by atoms with Crippen molar-refractivity contribution in [2.75, 3.05) is 24.7 Å². The van der Waals surface area contributed by atoms with Crippen molar-refractivity contribution in [1.29, 1.82) is 0 Å². The number of likely N-dealkylation sites (tertiary alicyclic amines) is 1. The molecule has 0 N–H and O–H groups in total. The zero-order chi connectivity index (χ0) is 24.8. The van der Waals surface area contributed by atoms with Gasteiger partial charge in [0.2, 0.25) is 5.91 Å². The molecular weight excluding hydrogens is 458 g/mol. The van der Waals surface area contributed by atoms with Gasteiger partial charge in [0.05, 0.1) is 36.7 Å². The van der Waals surface area contributed by atoms with Crippen LogP contribution in [0.1, 0.15) is 86.5 Å². The van der Waals surface area contributed by atoms with Gasteiger partial charge in [-0.1, -0.05) is 35.4 Å². The molecule has 1 fully saturated rings. The number of rotatable bonds is 18. The summed E-state index contributed by atoms with van der Waals surface area (Å²) < 4.78 is 11.7. The van der Waals surface area contributed by atoms with E-state index in [9.17, 15) is 14.4 Å². The lowest BCUT2D eigenvalue weighted by molar-refractivity contribution is -0.131. The van der Waals surface area contributed by atoms with E-state index >= 15 is 0 Å². The minimum absolute atomic E-state index is 0.0712. The molecule has 192 valence electrons. The Morgan fingerprint density at radius 3 is 2.21 bits per heavy atom. The molecular formula is C25H45NO5S2. The predicted molar refractivity (Wildman–Crippen MR) is 139 cm³/mol. The van der Waals surface area contributed by atoms with Crippen LogP contribution >= 0.6 is 21.6 Å². The number of ether oxygens (including phenoxy) is 2. The lowest BCUT2D eigenvalue weighted by Gasteiger charge is -2.25. The fourth-order valence-corrected chi connectivity index (χ4v) is 5.71. The van der Waals surface area contributed by atoms with Crippen molar-refractivity contribution in [3.8, 4) is 0 Å². The van der Waals surface area contributed by atoms with Crippen LogP contribution in [0.3, 0.4) is 0 Å². The molecule has 0 radical (unpaired) electrons. The highest BCUT2D eigenvalue weighted by molar-refractivity contribution is 8.76. The molecule has 1 rings (SSSR count). The summed E-state index contributed by atoms with van der Waals surface area (Å²) in [4.78, 5) is 38.3. The van der Waals surface area contributed by atoms with E-state index in [4.69, 9.17) is 9.47 Å². The predicted octanol–water partition coefficient (Wildman–Crippen LogP) is 5.32. The van der Waals surface area contributed by atoms with Crippen molar-refractivity contribution >= 4 is 39.1 Å². The van der Waals surface area contributed by atoms with Crippen LogP contribution in [0.15, 0.2) is 0 Å². The lowest BCUT2D eigenvalue weighted by Crippen LogP contribution is -2.40. The van der Waals surface area contributed by atoms with Crippen LogP contribution in [0.2, 0.25) is 0 Å². The maximum absolute atomic E-state index is 12.8.